The van der Waals surface area contributed by atoms with E-state index in [4.69, 9.17) is 0 Å². The Labute approximate surface area is 169 Å². The van der Waals surface area contributed by atoms with Crippen LogP contribution in [0.5, 0.6) is 5.75 Å². The van der Waals surface area contributed by atoms with Crippen molar-refractivity contribution < 1.29 is 14.7 Å². The number of aromatic hydroxyl groups is 1. The zero-order chi connectivity index (χ0) is 20.4. The molecule has 0 bridgehead atoms. The Morgan fingerprint density at radius 1 is 1.17 bits per heavy atom. The molecule has 2 amide bonds. The number of phenolic OH excluding ortho intramolecular Hbond substituents is 1. The lowest BCUT2D eigenvalue weighted by Gasteiger charge is -2.24. The Kier molecular flexibility index (Phi) is 5.20. The molecule has 7 nitrogen and oxygen atoms in total. The summed E-state index contributed by atoms with van der Waals surface area (Å²) >= 11 is 0. The zero-order valence-corrected chi connectivity index (χ0v) is 16.3. The summed E-state index contributed by atoms with van der Waals surface area (Å²) in [6, 6.07) is 14.0. The summed E-state index contributed by atoms with van der Waals surface area (Å²) < 4.78 is 2.01. The molecule has 1 atom stereocenters. The molecule has 1 aromatic heterocycles. The van der Waals surface area contributed by atoms with Gasteiger partial charge in [-0.1, -0.05) is 24.3 Å². The van der Waals surface area contributed by atoms with E-state index >= 15 is 0 Å². The number of rotatable bonds is 5. The van der Waals surface area contributed by atoms with E-state index in [2.05, 4.69) is 10.3 Å². The van der Waals surface area contributed by atoms with Crippen LogP contribution in [0.3, 0.4) is 0 Å². The van der Waals surface area contributed by atoms with E-state index in [-0.39, 0.29) is 17.6 Å². The first-order valence-corrected chi connectivity index (χ1v) is 9.83. The van der Waals surface area contributed by atoms with Gasteiger partial charge in [-0.2, -0.15) is 0 Å². The van der Waals surface area contributed by atoms with Crippen LogP contribution in [0.2, 0.25) is 0 Å². The summed E-state index contributed by atoms with van der Waals surface area (Å²) in [6.45, 7) is 0.570. The van der Waals surface area contributed by atoms with Gasteiger partial charge in [-0.15, -0.1) is 0 Å². The SMILES string of the molecule is Cn1c(CCC(=O)N2CCC[C@H]2C(=O)Nc2ccccc2O)nc2ccccc21. The highest BCUT2D eigenvalue weighted by atomic mass is 16.3. The predicted octanol–water partition coefficient (Wildman–Crippen LogP) is 2.84. The number of phenols is 1. The highest BCUT2D eigenvalue weighted by Gasteiger charge is 2.34. The molecule has 1 aliphatic rings. The minimum atomic E-state index is -0.512. The van der Waals surface area contributed by atoms with Crippen molar-refractivity contribution in [2.75, 3.05) is 11.9 Å². The van der Waals surface area contributed by atoms with Crippen LogP contribution < -0.4 is 5.32 Å². The third-order valence-electron chi connectivity index (χ3n) is 5.48. The van der Waals surface area contributed by atoms with E-state index < -0.39 is 6.04 Å². The van der Waals surface area contributed by atoms with E-state index in [1.165, 1.54) is 6.07 Å². The maximum Gasteiger partial charge on any atom is 0.247 e. The van der Waals surface area contributed by atoms with Gasteiger partial charge in [0, 0.05) is 26.4 Å². The maximum absolute atomic E-state index is 12.8. The van der Waals surface area contributed by atoms with E-state index in [0.717, 1.165) is 23.3 Å². The second-order valence-electron chi connectivity index (χ2n) is 7.33. The molecule has 4 rings (SSSR count). The Hall–Kier alpha value is -3.35. The van der Waals surface area contributed by atoms with Crippen molar-refractivity contribution in [1.82, 2.24) is 14.5 Å². The molecule has 3 aromatic rings. The molecule has 2 heterocycles. The number of nitrogens with zero attached hydrogens (tertiary/aromatic N) is 3. The van der Waals surface area contributed by atoms with Crippen LogP contribution in [0.25, 0.3) is 11.0 Å². The molecule has 0 radical (unpaired) electrons. The predicted molar refractivity (Wildman–Crippen MR) is 111 cm³/mol. The van der Waals surface area contributed by atoms with Crippen LogP contribution in [-0.2, 0) is 23.1 Å². The van der Waals surface area contributed by atoms with Crippen molar-refractivity contribution in [2.45, 2.75) is 31.7 Å². The van der Waals surface area contributed by atoms with Crippen molar-refractivity contribution in [3.05, 3.63) is 54.4 Å². The van der Waals surface area contributed by atoms with Gasteiger partial charge in [0.25, 0.3) is 0 Å². The smallest absolute Gasteiger partial charge is 0.247 e. The van der Waals surface area contributed by atoms with Gasteiger partial charge in [0.1, 0.15) is 17.6 Å². The number of aromatic nitrogens is 2. The molecule has 7 heteroatoms. The lowest BCUT2D eigenvalue weighted by Crippen LogP contribution is -2.43. The molecule has 150 valence electrons. The minimum absolute atomic E-state index is 0.0126. The van der Waals surface area contributed by atoms with Crippen LogP contribution in [0, 0.1) is 0 Å². The number of carbonyl (C=O) groups is 2. The van der Waals surface area contributed by atoms with Gasteiger partial charge in [-0.05, 0) is 37.1 Å². The fraction of sp³-hybridized carbons (Fsp3) is 0.318. The largest absolute Gasteiger partial charge is 0.506 e. The number of carbonyl (C=O) groups excluding carboxylic acids is 2. The van der Waals surface area contributed by atoms with Gasteiger partial charge in [0.15, 0.2) is 0 Å². The Morgan fingerprint density at radius 2 is 1.93 bits per heavy atom. The van der Waals surface area contributed by atoms with Gasteiger partial charge in [0.2, 0.25) is 11.8 Å². The van der Waals surface area contributed by atoms with E-state index in [0.29, 0.717) is 31.5 Å². The Morgan fingerprint density at radius 3 is 2.72 bits per heavy atom. The lowest BCUT2D eigenvalue weighted by atomic mass is 10.1. The van der Waals surface area contributed by atoms with Gasteiger partial charge in [-0.25, -0.2) is 4.98 Å². The molecular formula is C22H24N4O3. The van der Waals surface area contributed by atoms with E-state index in [1.54, 1.807) is 23.1 Å². The zero-order valence-electron chi connectivity index (χ0n) is 16.3. The minimum Gasteiger partial charge on any atom is -0.506 e. The molecule has 29 heavy (non-hydrogen) atoms. The number of nitrogens with one attached hydrogen (secondary N) is 1. The molecule has 2 aromatic carbocycles. The molecule has 0 aliphatic carbocycles. The molecule has 1 fully saturated rings. The van der Waals surface area contributed by atoms with Gasteiger partial charge in [0.05, 0.1) is 16.7 Å². The van der Waals surface area contributed by atoms with Crippen LogP contribution in [0.15, 0.2) is 48.5 Å². The summed E-state index contributed by atoms with van der Waals surface area (Å²) in [7, 11) is 1.95. The third kappa shape index (κ3) is 3.81. The first-order chi connectivity index (χ1) is 14.0. The van der Waals surface area contributed by atoms with Crippen molar-refractivity contribution in [3.63, 3.8) is 0 Å². The van der Waals surface area contributed by atoms with Crippen molar-refractivity contribution in [3.8, 4) is 5.75 Å². The Bertz CT molecular complexity index is 1060. The highest BCUT2D eigenvalue weighted by Crippen LogP contribution is 2.25. The summed E-state index contributed by atoms with van der Waals surface area (Å²) in [6.07, 6.45) is 2.24. The monoisotopic (exact) mass is 392 g/mol. The lowest BCUT2D eigenvalue weighted by molar-refractivity contribution is -0.136. The summed E-state index contributed by atoms with van der Waals surface area (Å²) in [5.74, 6) is 0.555. The topological polar surface area (TPSA) is 87.5 Å². The van der Waals surface area contributed by atoms with E-state index in [9.17, 15) is 14.7 Å². The van der Waals surface area contributed by atoms with Crippen LogP contribution >= 0.6 is 0 Å². The number of para-hydroxylation sites is 4. The fourth-order valence-corrected chi connectivity index (χ4v) is 3.91. The molecule has 0 saturated carbocycles. The molecule has 1 saturated heterocycles. The molecular weight excluding hydrogens is 368 g/mol. The molecule has 0 spiro atoms. The molecule has 1 aliphatic heterocycles. The van der Waals surface area contributed by atoms with Crippen LogP contribution in [0.1, 0.15) is 25.1 Å². The fourth-order valence-electron chi connectivity index (χ4n) is 3.91. The number of fused-ring (bicyclic) bond motifs is 1. The summed E-state index contributed by atoms with van der Waals surface area (Å²) in [5.41, 5.74) is 2.31. The average Bonchev–Trinajstić information content (AvgIpc) is 3.33. The standard InChI is InChI=1S/C22H24N4O3/c1-25-17-9-4-2-7-15(17)23-20(25)12-13-21(28)26-14-6-10-18(26)22(29)24-16-8-3-5-11-19(16)27/h2-5,7-9,11,18,27H,6,10,12-14H2,1H3,(H,24,29)/t18-/m0/s1. The normalized spacial score (nSPS) is 16.3. The van der Waals surface area contributed by atoms with Crippen LogP contribution in [-0.4, -0.2) is 44.0 Å². The number of hydrogen-bond donors (Lipinski definition) is 2. The maximum atomic E-state index is 12.8. The van der Waals surface area contributed by atoms with Crippen LogP contribution in [0.4, 0.5) is 5.69 Å². The number of imidazole rings is 1. The summed E-state index contributed by atoms with van der Waals surface area (Å²) in [4.78, 5) is 31.8. The quantitative estimate of drug-likeness (QED) is 0.654. The number of likely N-dealkylation sites (tertiary alicyclic amines) is 1. The number of aryl methyl sites for hydroxylation is 2. The van der Waals surface area contributed by atoms with E-state index in [1.807, 2.05) is 35.9 Å². The number of hydrogen-bond acceptors (Lipinski definition) is 4. The third-order valence-corrected chi connectivity index (χ3v) is 5.48. The Balaban J connectivity index is 1.41. The molecule has 2 N–H and O–H groups in total. The summed E-state index contributed by atoms with van der Waals surface area (Å²) in [5, 5.41) is 12.6. The number of anilines is 1. The first-order valence-electron chi connectivity index (χ1n) is 9.83. The van der Waals surface area contributed by atoms with Gasteiger partial charge in [-0.3, -0.25) is 9.59 Å². The van der Waals surface area contributed by atoms with Crippen molar-refractivity contribution >= 4 is 28.5 Å². The van der Waals surface area contributed by atoms with Crippen molar-refractivity contribution in [1.29, 1.82) is 0 Å². The second kappa shape index (κ2) is 7.95. The number of benzene rings is 2. The van der Waals surface area contributed by atoms with Crippen molar-refractivity contribution in [2.24, 2.45) is 7.05 Å². The second-order valence-corrected chi connectivity index (χ2v) is 7.33. The first kappa shape index (κ1) is 19.0. The van der Waals surface area contributed by atoms with Gasteiger partial charge < -0.3 is 19.9 Å². The molecule has 0 unspecified atom stereocenters. The highest BCUT2D eigenvalue weighted by molar-refractivity contribution is 5.98. The average molecular weight is 392 g/mol. The number of amides is 2. The van der Waals surface area contributed by atoms with Gasteiger partial charge >= 0.3 is 0 Å².